The van der Waals surface area contributed by atoms with Gasteiger partial charge in [0.15, 0.2) is 0 Å². The standard InChI is InChI=1S/C16H21N3O2/c1-17-15(20)11-6-8-19(9-7-11)16(21)13-10-18-14-5-3-2-4-12(13)14/h2-5,11,13,18H,6-10H2,1H3,(H,17,20). The second-order valence-corrected chi connectivity index (χ2v) is 5.73. The Morgan fingerprint density at radius 2 is 1.95 bits per heavy atom. The monoisotopic (exact) mass is 287 g/mol. The SMILES string of the molecule is CNC(=O)C1CCN(C(=O)C2CNc3ccccc32)CC1. The highest BCUT2D eigenvalue weighted by atomic mass is 16.2. The number of carbonyl (C=O) groups excluding carboxylic acids is 2. The predicted molar refractivity (Wildman–Crippen MR) is 81.0 cm³/mol. The van der Waals surface area contributed by atoms with Crippen molar-refractivity contribution in [3.05, 3.63) is 29.8 Å². The van der Waals surface area contributed by atoms with Crippen LogP contribution in [-0.4, -0.2) is 43.4 Å². The van der Waals surface area contributed by atoms with Crippen LogP contribution < -0.4 is 10.6 Å². The highest BCUT2D eigenvalue weighted by Crippen LogP contribution is 2.33. The van der Waals surface area contributed by atoms with E-state index in [4.69, 9.17) is 0 Å². The third kappa shape index (κ3) is 2.60. The molecule has 2 aliphatic heterocycles. The van der Waals surface area contributed by atoms with Crippen LogP contribution in [0.3, 0.4) is 0 Å². The van der Waals surface area contributed by atoms with E-state index in [9.17, 15) is 9.59 Å². The number of carbonyl (C=O) groups is 2. The van der Waals surface area contributed by atoms with Crippen LogP contribution in [0.25, 0.3) is 0 Å². The van der Waals surface area contributed by atoms with Gasteiger partial charge in [0.1, 0.15) is 0 Å². The molecule has 1 aromatic rings. The average Bonchev–Trinajstić information content (AvgIpc) is 2.97. The molecule has 2 heterocycles. The van der Waals surface area contributed by atoms with Crippen LogP contribution in [0.15, 0.2) is 24.3 Å². The molecular weight excluding hydrogens is 266 g/mol. The first-order valence-corrected chi connectivity index (χ1v) is 7.54. The molecule has 1 saturated heterocycles. The summed E-state index contributed by atoms with van der Waals surface area (Å²) in [7, 11) is 1.67. The number of benzene rings is 1. The van der Waals surface area contributed by atoms with E-state index in [-0.39, 0.29) is 23.7 Å². The lowest BCUT2D eigenvalue weighted by Gasteiger charge is -2.32. The number of rotatable bonds is 2. The number of nitrogens with zero attached hydrogens (tertiary/aromatic N) is 1. The highest BCUT2D eigenvalue weighted by molar-refractivity contribution is 5.88. The van der Waals surface area contributed by atoms with Gasteiger partial charge in [0.05, 0.1) is 5.92 Å². The second-order valence-electron chi connectivity index (χ2n) is 5.73. The summed E-state index contributed by atoms with van der Waals surface area (Å²) in [5, 5.41) is 5.99. The quantitative estimate of drug-likeness (QED) is 0.858. The molecule has 2 N–H and O–H groups in total. The largest absolute Gasteiger partial charge is 0.384 e. The zero-order valence-electron chi connectivity index (χ0n) is 12.3. The molecule has 2 amide bonds. The molecule has 0 aromatic heterocycles. The van der Waals surface area contributed by atoms with Crippen LogP contribution in [0, 0.1) is 5.92 Å². The van der Waals surface area contributed by atoms with Crippen LogP contribution >= 0.6 is 0 Å². The van der Waals surface area contributed by atoms with Gasteiger partial charge in [-0.15, -0.1) is 0 Å². The van der Waals surface area contributed by atoms with E-state index in [1.807, 2.05) is 29.2 Å². The molecule has 0 spiro atoms. The van der Waals surface area contributed by atoms with Crippen molar-refractivity contribution in [2.45, 2.75) is 18.8 Å². The first kappa shape index (κ1) is 13.9. The minimum atomic E-state index is -0.0854. The molecule has 1 fully saturated rings. The summed E-state index contributed by atoms with van der Waals surface area (Å²) < 4.78 is 0. The summed E-state index contributed by atoms with van der Waals surface area (Å²) in [4.78, 5) is 26.2. The molecule has 0 bridgehead atoms. The maximum Gasteiger partial charge on any atom is 0.231 e. The first-order valence-electron chi connectivity index (χ1n) is 7.54. The summed E-state index contributed by atoms with van der Waals surface area (Å²) in [5.74, 6) is 0.239. The fourth-order valence-electron chi connectivity index (χ4n) is 3.29. The lowest BCUT2D eigenvalue weighted by atomic mass is 9.93. The van der Waals surface area contributed by atoms with Gasteiger partial charge in [-0.1, -0.05) is 18.2 Å². The van der Waals surface area contributed by atoms with E-state index >= 15 is 0 Å². The van der Waals surface area contributed by atoms with Crippen molar-refractivity contribution in [3.63, 3.8) is 0 Å². The molecule has 0 saturated carbocycles. The average molecular weight is 287 g/mol. The Morgan fingerprint density at radius 3 is 2.67 bits per heavy atom. The fourth-order valence-corrected chi connectivity index (χ4v) is 3.29. The molecule has 5 heteroatoms. The van der Waals surface area contributed by atoms with Crippen molar-refractivity contribution >= 4 is 17.5 Å². The summed E-state index contributed by atoms with van der Waals surface area (Å²) in [6.45, 7) is 2.03. The zero-order chi connectivity index (χ0) is 14.8. The summed E-state index contributed by atoms with van der Waals surface area (Å²) in [5.41, 5.74) is 2.16. The Balaban J connectivity index is 1.64. The van der Waals surface area contributed by atoms with E-state index in [1.54, 1.807) is 7.05 Å². The van der Waals surface area contributed by atoms with Gasteiger partial charge >= 0.3 is 0 Å². The Labute approximate surface area is 124 Å². The molecule has 0 aliphatic carbocycles. The molecule has 2 aliphatic rings. The molecule has 5 nitrogen and oxygen atoms in total. The predicted octanol–water partition coefficient (Wildman–Crippen LogP) is 1.18. The number of fused-ring (bicyclic) bond motifs is 1. The van der Waals surface area contributed by atoms with E-state index in [0.717, 1.165) is 24.1 Å². The van der Waals surface area contributed by atoms with E-state index in [1.165, 1.54) is 0 Å². The number of piperidine rings is 1. The van der Waals surface area contributed by atoms with Crippen molar-refractivity contribution in [3.8, 4) is 0 Å². The van der Waals surface area contributed by atoms with Gasteiger partial charge in [-0.05, 0) is 24.5 Å². The van der Waals surface area contributed by atoms with Gasteiger partial charge in [0.2, 0.25) is 11.8 Å². The Hall–Kier alpha value is -2.04. The van der Waals surface area contributed by atoms with Crippen LogP contribution in [0.2, 0.25) is 0 Å². The van der Waals surface area contributed by atoms with E-state index in [2.05, 4.69) is 10.6 Å². The number of amides is 2. The molecule has 1 aromatic carbocycles. The summed E-state index contributed by atoms with van der Waals surface area (Å²) in [6, 6.07) is 7.99. The molecule has 0 radical (unpaired) electrons. The number of hydrogen-bond acceptors (Lipinski definition) is 3. The van der Waals surface area contributed by atoms with E-state index in [0.29, 0.717) is 19.6 Å². The van der Waals surface area contributed by atoms with Crippen LogP contribution in [-0.2, 0) is 9.59 Å². The van der Waals surface area contributed by atoms with Crippen molar-refractivity contribution in [1.82, 2.24) is 10.2 Å². The minimum Gasteiger partial charge on any atom is -0.384 e. The van der Waals surface area contributed by atoms with Crippen molar-refractivity contribution in [2.75, 3.05) is 32.0 Å². The highest BCUT2D eigenvalue weighted by Gasteiger charge is 2.34. The Kier molecular flexibility index (Phi) is 3.82. The van der Waals surface area contributed by atoms with E-state index < -0.39 is 0 Å². The number of likely N-dealkylation sites (tertiary alicyclic amines) is 1. The van der Waals surface area contributed by atoms with Gasteiger partial charge in [-0.3, -0.25) is 9.59 Å². The Morgan fingerprint density at radius 1 is 1.24 bits per heavy atom. The normalized spacial score (nSPS) is 21.6. The maximum absolute atomic E-state index is 12.7. The number of para-hydroxylation sites is 1. The lowest BCUT2D eigenvalue weighted by Crippen LogP contribution is -2.44. The molecule has 1 atom stereocenters. The lowest BCUT2D eigenvalue weighted by molar-refractivity contribution is -0.136. The zero-order valence-corrected chi connectivity index (χ0v) is 12.3. The molecule has 3 rings (SSSR count). The van der Waals surface area contributed by atoms with Crippen molar-refractivity contribution < 1.29 is 9.59 Å². The molecule has 112 valence electrons. The third-order valence-corrected chi connectivity index (χ3v) is 4.55. The topological polar surface area (TPSA) is 61.4 Å². The van der Waals surface area contributed by atoms with Crippen LogP contribution in [0.5, 0.6) is 0 Å². The van der Waals surface area contributed by atoms with Crippen LogP contribution in [0.4, 0.5) is 5.69 Å². The maximum atomic E-state index is 12.7. The van der Waals surface area contributed by atoms with Gasteiger partial charge in [0.25, 0.3) is 0 Å². The molecular formula is C16H21N3O2. The van der Waals surface area contributed by atoms with Gasteiger partial charge in [-0.25, -0.2) is 0 Å². The van der Waals surface area contributed by atoms with Gasteiger partial charge in [0, 0.05) is 38.3 Å². The Bertz CT molecular complexity index is 550. The second kappa shape index (κ2) is 5.76. The number of anilines is 1. The summed E-state index contributed by atoms with van der Waals surface area (Å²) in [6.07, 6.45) is 1.51. The fraction of sp³-hybridized carbons (Fsp3) is 0.500. The first-order chi connectivity index (χ1) is 10.2. The van der Waals surface area contributed by atoms with Crippen LogP contribution in [0.1, 0.15) is 24.3 Å². The molecule has 1 unspecified atom stereocenters. The van der Waals surface area contributed by atoms with Gasteiger partial charge in [-0.2, -0.15) is 0 Å². The summed E-state index contributed by atoms with van der Waals surface area (Å²) >= 11 is 0. The van der Waals surface area contributed by atoms with Crippen molar-refractivity contribution in [1.29, 1.82) is 0 Å². The van der Waals surface area contributed by atoms with Crippen molar-refractivity contribution in [2.24, 2.45) is 5.92 Å². The minimum absolute atomic E-state index is 0.0491. The molecule has 21 heavy (non-hydrogen) atoms. The smallest absolute Gasteiger partial charge is 0.231 e. The third-order valence-electron chi connectivity index (χ3n) is 4.55. The number of nitrogens with one attached hydrogen (secondary N) is 2. The van der Waals surface area contributed by atoms with Gasteiger partial charge < -0.3 is 15.5 Å². The number of hydrogen-bond donors (Lipinski definition) is 2.